The summed E-state index contributed by atoms with van der Waals surface area (Å²) < 4.78 is 0. The predicted octanol–water partition coefficient (Wildman–Crippen LogP) is 2.72. The van der Waals surface area contributed by atoms with Crippen molar-refractivity contribution in [3.8, 4) is 0 Å². The minimum atomic E-state index is 0.0419. The highest BCUT2D eigenvalue weighted by atomic mass is 16.1. The third kappa shape index (κ3) is 1.79. The van der Waals surface area contributed by atoms with Crippen LogP contribution in [0, 0.1) is 12.3 Å². The number of aryl methyl sites for hydroxylation is 1. The molecular formula is C13H20N2O. The van der Waals surface area contributed by atoms with Crippen molar-refractivity contribution in [1.29, 1.82) is 0 Å². The SMILES string of the molecule is Cc1nc(C2CC2(C)C)[nH]c(=O)c1C(C)C. The van der Waals surface area contributed by atoms with E-state index in [4.69, 9.17) is 0 Å². The van der Waals surface area contributed by atoms with E-state index in [-0.39, 0.29) is 11.5 Å². The lowest BCUT2D eigenvalue weighted by molar-refractivity contribution is 0.604. The number of nitrogens with zero attached hydrogens (tertiary/aromatic N) is 1. The lowest BCUT2D eigenvalue weighted by Crippen LogP contribution is -2.20. The Hall–Kier alpha value is -1.12. The van der Waals surface area contributed by atoms with Crippen molar-refractivity contribution in [2.75, 3.05) is 0 Å². The highest BCUT2D eigenvalue weighted by molar-refractivity contribution is 5.24. The highest BCUT2D eigenvalue weighted by Crippen LogP contribution is 2.57. The first-order chi connectivity index (χ1) is 7.33. The van der Waals surface area contributed by atoms with E-state index in [1.165, 1.54) is 0 Å². The van der Waals surface area contributed by atoms with Gasteiger partial charge in [0.05, 0.1) is 0 Å². The molecule has 2 rings (SSSR count). The van der Waals surface area contributed by atoms with Gasteiger partial charge in [-0.1, -0.05) is 27.7 Å². The normalized spacial score (nSPS) is 22.5. The number of H-pyrrole nitrogens is 1. The number of aromatic nitrogens is 2. The molecule has 16 heavy (non-hydrogen) atoms. The first kappa shape index (κ1) is 11.4. The maximum absolute atomic E-state index is 12.0. The third-order valence-corrected chi connectivity index (χ3v) is 3.59. The molecule has 88 valence electrons. The molecule has 1 aliphatic carbocycles. The zero-order valence-electron chi connectivity index (χ0n) is 10.7. The molecule has 1 saturated carbocycles. The fourth-order valence-electron chi connectivity index (χ4n) is 2.40. The molecule has 0 bridgehead atoms. The first-order valence-corrected chi connectivity index (χ1v) is 5.93. The van der Waals surface area contributed by atoms with Gasteiger partial charge in [-0.3, -0.25) is 4.79 Å². The van der Waals surface area contributed by atoms with Crippen molar-refractivity contribution < 1.29 is 0 Å². The second-order valence-electron chi connectivity index (χ2n) is 5.85. The third-order valence-electron chi connectivity index (χ3n) is 3.59. The van der Waals surface area contributed by atoms with E-state index in [0.29, 0.717) is 11.3 Å². The number of hydrogen-bond donors (Lipinski definition) is 1. The zero-order chi connectivity index (χ0) is 12.1. The van der Waals surface area contributed by atoms with E-state index in [0.717, 1.165) is 23.5 Å². The Kier molecular flexibility index (Phi) is 2.44. The molecule has 1 atom stereocenters. The molecule has 1 aromatic rings. The Labute approximate surface area is 96.3 Å². The molecular weight excluding hydrogens is 200 g/mol. The van der Waals surface area contributed by atoms with Gasteiger partial charge in [-0.25, -0.2) is 4.98 Å². The highest BCUT2D eigenvalue weighted by Gasteiger charge is 2.48. The fourth-order valence-corrected chi connectivity index (χ4v) is 2.40. The van der Waals surface area contributed by atoms with Crippen molar-refractivity contribution in [2.45, 2.75) is 52.9 Å². The maximum Gasteiger partial charge on any atom is 0.254 e. The summed E-state index contributed by atoms with van der Waals surface area (Å²) in [5, 5.41) is 0. The zero-order valence-corrected chi connectivity index (χ0v) is 10.7. The molecule has 3 nitrogen and oxygen atoms in total. The second-order valence-corrected chi connectivity index (χ2v) is 5.85. The van der Waals surface area contributed by atoms with Gasteiger partial charge < -0.3 is 4.98 Å². The summed E-state index contributed by atoms with van der Waals surface area (Å²) in [7, 11) is 0. The van der Waals surface area contributed by atoms with Gasteiger partial charge in [0, 0.05) is 17.2 Å². The van der Waals surface area contributed by atoms with Crippen LogP contribution in [0.4, 0.5) is 0 Å². The van der Waals surface area contributed by atoms with Gasteiger partial charge in [-0.15, -0.1) is 0 Å². The van der Waals surface area contributed by atoms with Crippen LogP contribution in [0.15, 0.2) is 4.79 Å². The Morgan fingerprint density at radius 1 is 1.44 bits per heavy atom. The predicted molar refractivity (Wildman–Crippen MR) is 64.8 cm³/mol. The second kappa shape index (κ2) is 3.44. The van der Waals surface area contributed by atoms with Crippen LogP contribution in [0.1, 0.15) is 63.0 Å². The minimum absolute atomic E-state index is 0.0419. The van der Waals surface area contributed by atoms with Crippen molar-refractivity contribution >= 4 is 0 Å². The maximum atomic E-state index is 12.0. The van der Waals surface area contributed by atoms with E-state index < -0.39 is 0 Å². The standard InChI is InChI=1S/C13H20N2O/c1-7(2)10-8(3)14-11(15-12(10)16)9-6-13(9,4)5/h7,9H,6H2,1-5H3,(H,14,15,16). The van der Waals surface area contributed by atoms with Crippen molar-refractivity contribution in [3.63, 3.8) is 0 Å². The van der Waals surface area contributed by atoms with Gasteiger partial charge in [0.15, 0.2) is 0 Å². The van der Waals surface area contributed by atoms with Crippen molar-refractivity contribution in [3.05, 3.63) is 27.4 Å². The molecule has 1 aromatic heterocycles. The molecule has 1 heterocycles. The number of aromatic amines is 1. The van der Waals surface area contributed by atoms with E-state index in [9.17, 15) is 4.79 Å². The summed E-state index contributed by atoms with van der Waals surface area (Å²) in [5.41, 5.74) is 2.06. The average Bonchev–Trinajstić information content (AvgIpc) is 2.73. The van der Waals surface area contributed by atoms with Crippen LogP contribution in [-0.4, -0.2) is 9.97 Å². The minimum Gasteiger partial charge on any atom is -0.310 e. The summed E-state index contributed by atoms with van der Waals surface area (Å²) in [5.74, 6) is 1.54. The van der Waals surface area contributed by atoms with Gasteiger partial charge in [-0.05, 0) is 24.7 Å². The monoisotopic (exact) mass is 220 g/mol. The van der Waals surface area contributed by atoms with Crippen LogP contribution >= 0.6 is 0 Å². The number of nitrogens with one attached hydrogen (secondary N) is 1. The van der Waals surface area contributed by atoms with Gasteiger partial charge in [0.2, 0.25) is 0 Å². The first-order valence-electron chi connectivity index (χ1n) is 5.93. The van der Waals surface area contributed by atoms with Crippen LogP contribution in [0.3, 0.4) is 0 Å². The summed E-state index contributed by atoms with van der Waals surface area (Å²) in [6.45, 7) is 10.4. The average molecular weight is 220 g/mol. The van der Waals surface area contributed by atoms with Crippen LogP contribution in [0.5, 0.6) is 0 Å². The number of rotatable bonds is 2. The molecule has 0 saturated heterocycles. The lowest BCUT2D eigenvalue weighted by atomic mass is 10.0. The molecule has 0 aromatic carbocycles. The van der Waals surface area contributed by atoms with Crippen molar-refractivity contribution in [2.24, 2.45) is 5.41 Å². The van der Waals surface area contributed by atoms with Gasteiger partial charge in [0.25, 0.3) is 5.56 Å². The number of hydrogen-bond acceptors (Lipinski definition) is 2. The molecule has 1 fully saturated rings. The summed E-state index contributed by atoms with van der Waals surface area (Å²) in [6, 6.07) is 0. The molecule has 0 radical (unpaired) electrons. The van der Waals surface area contributed by atoms with Crippen LogP contribution in [0.2, 0.25) is 0 Å². The van der Waals surface area contributed by atoms with Gasteiger partial charge >= 0.3 is 0 Å². The van der Waals surface area contributed by atoms with Crippen LogP contribution < -0.4 is 5.56 Å². The molecule has 1 aliphatic rings. The molecule has 0 aliphatic heterocycles. The Balaban J connectivity index is 2.43. The van der Waals surface area contributed by atoms with Gasteiger partial charge in [0.1, 0.15) is 5.82 Å². The molecule has 0 spiro atoms. The quantitative estimate of drug-likeness (QED) is 0.833. The molecule has 0 amide bonds. The fraction of sp³-hybridized carbons (Fsp3) is 0.692. The van der Waals surface area contributed by atoms with E-state index in [1.54, 1.807) is 0 Å². The lowest BCUT2D eigenvalue weighted by Gasteiger charge is -2.10. The van der Waals surface area contributed by atoms with E-state index >= 15 is 0 Å². The smallest absolute Gasteiger partial charge is 0.254 e. The Bertz CT molecular complexity index is 471. The molecule has 1 N–H and O–H groups in total. The van der Waals surface area contributed by atoms with E-state index in [1.807, 2.05) is 20.8 Å². The Morgan fingerprint density at radius 3 is 2.38 bits per heavy atom. The molecule has 3 heteroatoms. The van der Waals surface area contributed by atoms with Crippen LogP contribution in [-0.2, 0) is 0 Å². The molecule has 1 unspecified atom stereocenters. The largest absolute Gasteiger partial charge is 0.310 e. The van der Waals surface area contributed by atoms with E-state index in [2.05, 4.69) is 23.8 Å². The topological polar surface area (TPSA) is 45.8 Å². The summed E-state index contributed by atoms with van der Waals surface area (Å²) in [6.07, 6.45) is 1.12. The van der Waals surface area contributed by atoms with Crippen LogP contribution in [0.25, 0.3) is 0 Å². The van der Waals surface area contributed by atoms with Crippen molar-refractivity contribution in [1.82, 2.24) is 9.97 Å². The Morgan fingerprint density at radius 2 is 2.00 bits per heavy atom. The summed E-state index contributed by atoms with van der Waals surface area (Å²) in [4.78, 5) is 19.5. The van der Waals surface area contributed by atoms with Gasteiger partial charge in [-0.2, -0.15) is 0 Å². The summed E-state index contributed by atoms with van der Waals surface area (Å²) >= 11 is 0.